The molecule has 1 aliphatic heterocycles. The summed E-state index contributed by atoms with van der Waals surface area (Å²) in [5.74, 6) is 0.382. The smallest absolute Gasteiger partial charge is 0.200 e. The Balaban J connectivity index is 2.26. The summed E-state index contributed by atoms with van der Waals surface area (Å²) in [5.41, 5.74) is 1.55. The second kappa shape index (κ2) is 3.63. The maximum Gasteiger partial charge on any atom is 0.200 e. The van der Waals surface area contributed by atoms with Crippen molar-refractivity contribution in [2.24, 2.45) is 0 Å². The van der Waals surface area contributed by atoms with Crippen LogP contribution in [0.15, 0.2) is 42.5 Å². The van der Waals surface area contributed by atoms with Gasteiger partial charge >= 0.3 is 0 Å². The van der Waals surface area contributed by atoms with Crippen LogP contribution in [-0.2, 0) is 6.61 Å². The molecule has 0 aromatic heterocycles. The lowest BCUT2D eigenvalue weighted by Crippen LogP contribution is -2.03. The largest absolute Gasteiger partial charge is 0.507 e. The Bertz CT molecular complexity index is 602. The number of carbonyl (C=O) groups excluding carboxylic acids is 1. The van der Waals surface area contributed by atoms with Gasteiger partial charge in [-0.05, 0) is 18.2 Å². The zero-order valence-electron chi connectivity index (χ0n) is 9.01. The van der Waals surface area contributed by atoms with E-state index >= 15 is 0 Å². The normalized spacial score (nSPS) is 13.3. The minimum Gasteiger partial charge on any atom is -0.507 e. The molecule has 0 spiro atoms. The van der Waals surface area contributed by atoms with Crippen molar-refractivity contribution in [2.75, 3.05) is 0 Å². The molecule has 3 rings (SSSR count). The van der Waals surface area contributed by atoms with Gasteiger partial charge in [-0.2, -0.15) is 0 Å². The van der Waals surface area contributed by atoms with Crippen molar-refractivity contribution in [1.82, 2.24) is 0 Å². The van der Waals surface area contributed by atoms with Gasteiger partial charge in [0.15, 0.2) is 0 Å². The van der Waals surface area contributed by atoms with Crippen LogP contribution in [0.25, 0.3) is 0 Å². The minimum absolute atomic E-state index is 0.00723. The van der Waals surface area contributed by atoms with Crippen molar-refractivity contribution >= 4 is 5.78 Å². The number of hydrogen-bond acceptors (Lipinski definition) is 3. The maximum atomic E-state index is 12.3. The molecule has 84 valence electrons. The van der Waals surface area contributed by atoms with Crippen molar-refractivity contribution in [3.63, 3.8) is 0 Å². The van der Waals surface area contributed by atoms with Crippen LogP contribution in [0.5, 0.6) is 11.5 Å². The molecule has 0 saturated heterocycles. The number of benzene rings is 2. The number of phenolic OH excluding ortho intramolecular Hbond substituents is 1. The molecule has 0 saturated carbocycles. The van der Waals surface area contributed by atoms with E-state index in [0.29, 0.717) is 29.0 Å². The number of ketones is 1. The molecule has 0 bridgehead atoms. The molecule has 0 radical (unpaired) electrons. The van der Waals surface area contributed by atoms with E-state index < -0.39 is 0 Å². The zero-order valence-corrected chi connectivity index (χ0v) is 9.01. The van der Waals surface area contributed by atoms with E-state index in [4.69, 9.17) is 4.74 Å². The van der Waals surface area contributed by atoms with Gasteiger partial charge in [0.25, 0.3) is 0 Å². The van der Waals surface area contributed by atoms with Gasteiger partial charge in [0, 0.05) is 5.56 Å². The predicted octanol–water partition coefficient (Wildman–Crippen LogP) is 2.52. The highest BCUT2D eigenvalue weighted by atomic mass is 16.5. The molecular weight excluding hydrogens is 216 g/mol. The molecule has 0 atom stereocenters. The fraction of sp³-hybridized carbons (Fsp3) is 0.0714. The van der Waals surface area contributed by atoms with Gasteiger partial charge in [-0.15, -0.1) is 0 Å². The first kappa shape index (κ1) is 9.90. The van der Waals surface area contributed by atoms with Crippen LogP contribution >= 0.6 is 0 Å². The third-order valence-electron chi connectivity index (χ3n) is 2.87. The molecule has 0 fully saturated rings. The third kappa shape index (κ3) is 1.47. The summed E-state index contributed by atoms with van der Waals surface area (Å²) < 4.78 is 5.57. The van der Waals surface area contributed by atoms with Crippen LogP contribution in [0.3, 0.4) is 0 Å². The maximum absolute atomic E-state index is 12.3. The fourth-order valence-corrected chi connectivity index (χ4v) is 2.04. The first-order chi connectivity index (χ1) is 8.27. The Hall–Kier alpha value is -2.29. The van der Waals surface area contributed by atoms with Gasteiger partial charge in [0.2, 0.25) is 5.78 Å². The summed E-state index contributed by atoms with van der Waals surface area (Å²) in [7, 11) is 0. The van der Waals surface area contributed by atoms with Crippen molar-refractivity contribution in [2.45, 2.75) is 6.61 Å². The minimum atomic E-state index is -0.189. The number of hydrogen-bond donors (Lipinski definition) is 1. The fourth-order valence-electron chi connectivity index (χ4n) is 2.04. The monoisotopic (exact) mass is 226 g/mol. The summed E-state index contributed by atoms with van der Waals surface area (Å²) in [6.45, 7) is 0.298. The van der Waals surface area contributed by atoms with E-state index in [0.717, 1.165) is 0 Å². The Morgan fingerprint density at radius 1 is 1.06 bits per heavy atom. The van der Waals surface area contributed by atoms with Crippen LogP contribution in [0.1, 0.15) is 21.5 Å². The number of phenols is 1. The van der Waals surface area contributed by atoms with E-state index in [1.54, 1.807) is 30.3 Å². The van der Waals surface area contributed by atoms with E-state index in [-0.39, 0.29) is 11.5 Å². The van der Waals surface area contributed by atoms with Crippen molar-refractivity contribution < 1.29 is 14.6 Å². The standard InChI is InChI=1S/C14H10O3/c15-11-6-3-4-9-8-17-12-7-2-1-5-10(12)14(16)13(9)11/h1-7,15H,8H2. The molecular formula is C14H10O3. The number of carbonyl (C=O) groups is 1. The lowest BCUT2D eigenvalue weighted by Gasteiger charge is -2.05. The van der Waals surface area contributed by atoms with Gasteiger partial charge in [-0.25, -0.2) is 0 Å². The molecule has 1 N–H and O–H groups in total. The van der Waals surface area contributed by atoms with Crippen molar-refractivity contribution in [1.29, 1.82) is 0 Å². The third-order valence-corrected chi connectivity index (χ3v) is 2.87. The van der Waals surface area contributed by atoms with E-state index in [9.17, 15) is 9.90 Å². The number of rotatable bonds is 0. The molecule has 2 aromatic rings. The van der Waals surface area contributed by atoms with Crippen molar-refractivity contribution in [3.8, 4) is 11.5 Å². The summed E-state index contributed by atoms with van der Waals surface area (Å²) >= 11 is 0. The van der Waals surface area contributed by atoms with E-state index in [2.05, 4.69) is 0 Å². The molecule has 0 unspecified atom stereocenters. The Labute approximate surface area is 98.3 Å². The summed E-state index contributed by atoms with van der Waals surface area (Å²) in [6, 6.07) is 12.1. The van der Waals surface area contributed by atoms with Crippen LogP contribution in [0.4, 0.5) is 0 Å². The predicted molar refractivity (Wildman–Crippen MR) is 62.3 cm³/mol. The summed E-state index contributed by atoms with van der Waals surface area (Å²) in [5, 5.41) is 9.80. The lowest BCUT2D eigenvalue weighted by molar-refractivity contribution is 0.103. The summed E-state index contributed by atoms with van der Waals surface area (Å²) in [4.78, 5) is 12.3. The molecule has 17 heavy (non-hydrogen) atoms. The quantitative estimate of drug-likeness (QED) is 0.750. The second-order valence-corrected chi connectivity index (χ2v) is 3.93. The van der Waals surface area contributed by atoms with Crippen molar-refractivity contribution in [3.05, 3.63) is 59.2 Å². The number of fused-ring (bicyclic) bond motifs is 2. The SMILES string of the molecule is O=C1c2ccccc2OCc2cccc(O)c21. The Morgan fingerprint density at radius 3 is 2.76 bits per heavy atom. The first-order valence-corrected chi connectivity index (χ1v) is 5.35. The summed E-state index contributed by atoms with van der Waals surface area (Å²) in [6.07, 6.45) is 0. The van der Waals surface area contributed by atoms with Gasteiger partial charge in [0.1, 0.15) is 18.1 Å². The lowest BCUT2D eigenvalue weighted by atomic mass is 9.98. The number of ether oxygens (including phenoxy) is 1. The molecule has 1 aliphatic rings. The van der Waals surface area contributed by atoms with Gasteiger partial charge in [-0.1, -0.05) is 24.3 Å². The van der Waals surface area contributed by atoms with Crippen LogP contribution in [-0.4, -0.2) is 10.9 Å². The molecule has 3 nitrogen and oxygen atoms in total. The second-order valence-electron chi connectivity index (χ2n) is 3.93. The highest BCUT2D eigenvalue weighted by Crippen LogP contribution is 2.32. The average Bonchev–Trinajstić information content (AvgIpc) is 2.49. The van der Waals surface area contributed by atoms with E-state index in [1.807, 2.05) is 6.07 Å². The van der Waals surface area contributed by atoms with Gasteiger partial charge in [0.05, 0.1) is 11.1 Å². The topological polar surface area (TPSA) is 46.5 Å². The Kier molecular flexibility index (Phi) is 2.11. The van der Waals surface area contributed by atoms with Crippen LogP contribution < -0.4 is 4.74 Å². The zero-order chi connectivity index (χ0) is 11.8. The van der Waals surface area contributed by atoms with E-state index in [1.165, 1.54) is 6.07 Å². The average molecular weight is 226 g/mol. The van der Waals surface area contributed by atoms with Gasteiger partial charge in [-0.3, -0.25) is 4.79 Å². The highest BCUT2D eigenvalue weighted by Gasteiger charge is 2.24. The first-order valence-electron chi connectivity index (χ1n) is 5.35. The number of aromatic hydroxyl groups is 1. The number of para-hydroxylation sites is 1. The van der Waals surface area contributed by atoms with Crippen LogP contribution in [0, 0.1) is 0 Å². The van der Waals surface area contributed by atoms with Gasteiger partial charge < -0.3 is 9.84 Å². The molecule has 0 aliphatic carbocycles. The van der Waals surface area contributed by atoms with Crippen LogP contribution in [0.2, 0.25) is 0 Å². The molecule has 0 amide bonds. The molecule has 3 heteroatoms. The molecule has 1 heterocycles. The molecule has 2 aromatic carbocycles. The Morgan fingerprint density at radius 2 is 1.88 bits per heavy atom. The highest BCUT2D eigenvalue weighted by molar-refractivity contribution is 6.13.